The van der Waals surface area contributed by atoms with E-state index in [0.29, 0.717) is 12.4 Å². The number of hydrogen-bond donors (Lipinski definition) is 1. The van der Waals surface area contributed by atoms with Gasteiger partial charge in [-0.15, -0.1) is 11.3 Å². The van der Waals surface area contributed by atoms with Crippen molar-refractivity contribution in [2.75, 3.05) is 11.9 Å². The quantitative estimate of drug-likeness (QED) is 0.843. The number of thiophene rings is 1. The molecule has 0 saturated carbocycles. The predicted molar refractivity (Wildman–Crippen MR) is 78.6 cm³/mol. The van der Waals surface area contributed by atoms with Crippen LogP contribution in [0.2, 0.25) is 0 Å². The molecule has 1 N–H and O–H groups in total. The van der Waals surface area contributed by atoms with Crippen LogP contribution >= 0.6 is 11.3 Å². The smallest absolute Gasteiger partial charge is 0.145 e. The molecule has 0 saturated heterocycles. The Bertz CT molecular complexity index is 539. The molecule has 0 amide bonds. The van der Waals surface area contributed by atoms with E-state index in [4.69, 9.17) is 4.74 Å². The molecule has 19 heavy (non-hydrogen) atoms. The van der Waals surface area contributed by atoms with E-state index in [2.05, 4.69) is 24.4 Å². The number of rotatable bonds is 6. The van der Waals surface area contributed by atoms with Gasteiger partial charge in [0, 0.05) is 22.4 Å². The van der Waals surface area contributed by atoms with Gasteiger partial charge in [0.25, 0.3) is 0 Å². The Kier molecular flexibility index (Phi) is 4.80. The molecule has 4 heteroatoms. The fourth-order valence-electron chi connectivity index (χ4n) is 1.81. The van der Waals surface area contributed by atoms with Gasteiger partial charge in [0.15, 0.2) is 0 Å². The number of nitrogens with one attached hydrogen (secondary N) is 1. The van der Waals surface area contributed by atoms with Crippen LogP contribution < -0.4 is 10.1 Å². The van der Waals surface area contributed by atoms with Gasteiger partial charge >= 0.3 is 0 Å². The molecule has 0 aliphatic heterocycles. The molecular formula is C15H18FNOS. The summed E-state index contributed by atoms with van der Waals surface area (Å²) in [5.41, 5.74) is 0.828. The molecule has 1 aromatic heterocycles. The molecule has 0 aliphatic rings. The van der Waals surface area contributed by atoms with Crippen LogP contribution in [0.15, 0.2) is 30.3 Å². The molecule has 0 bridgehead atoms. The molecule has 2 nitrogen and oxygen atoms in total. The first-order valence-electron chi connectivity index (χ1n) is 6.46. The highest BCUT2D eigenvalue weighted by Crippen LogP contribution is 2.27. The lowest BCUT2D eigenvalue weighted by atomic mass is 10.2. The van der Waals surface area contributed by atoms with E-state index >= 15 is 0 Å². The second-order valence-electron chi connectivity index (χ2n) is 4.15. The third-order valence-electron chi connectivity index (χ3n) is 2.76. The Hall–Kier alpha value is -1.55. The van der Waals surface area contributed by atoms with Gasteiger partial charge in [-0.2, -0.15) is 0 Å². The number of halogens is 1. The van der Waals surface area contributed by atoms with Gasteiger partial charge in [-0.3, -0.25) is 0 Å². The lowest BCUT2D eigenvalue weighted by molar-refractivity contribution is 0.340. The zero-order valence-corrected chi connectivity index (χ0v) is 12.0. The van der Waals surface area contributed by atoms with Crippen molar-refractivity contribution in [1.82, 2.24) is 0 Å². The van der Waals surface area contributed by atoms with Crippen molar-refractivity contribution >= 4 is 17.0 Å². The topological polar surface area (TPSA) is 21.3 Å². The molecule has 1 aromatic carbocycles. The highest BCUT2D eigenvalue weighted by Gasteiger charge is 2.06. The van der Waals surface area contributed by atoms with Crippen LogP contribution in [0.3, 0.4) is 0 Å². The van der Waals surface area contributed by atoms with Crippen LogP contribution in [0.25, 0.3) is 0 Å². The summed E-state index contributed by atoms with van der Waals surface area (Å²) in [4.78, 5) is 2.64. The molecule has 0 fully saturated rings. The minimum absolute atomic E-state index is 0.279. The molecule has 102 valence electrons. The zero-order valence-electron chi connectivity index (χ0n) is 11.2. The fourth-order valence-corrected chi connectivity index (χ4v) is 2.70. The second-order valence-corrected chi connectivity index (χ2v) is 5.40. The van der Waals surface area contributed by atoms with Gasteiger partial charge in [0.05, 0.1) is 12.3 Å². The van der Waals surface area contributed by atoms with E-state index in [1.165, 1.54) is 21.9 Å². The van der Waals surface area contributed by atoms with Crippen molar-refractivity contribution in [2.45, 2.75) is 26.8 Å². The predicted octanol–water partition coefficient (Wildman–Crippen LogP) is 4.46. The molecule has 0 spiro atoms. The molecule has 0 aliphatic carbocycles. The first kappa shape index (κ1) is 13.9. The minimum Gasteiger partial charge on any atom is -0.492 e. The van der Waals surface area contributed by atoms with Crippen LogP contribution in [0.4, 0.5) is 10.1 Å². The van der Waals surface area contributed by atoms with E-state index in [0.717, 1.165) is 18.7 Å². The number of ether oxygens (including phenoxy) is 1. The van der Waals surface area contributed by atoms with E-state index in [9.17, 15) is 4.39 Å². The molecule has 2 rings (SSSR count). The Labute approximate surface area is 117 Å². The molecule has 0 atom stereocenters. The summed E-state index contributed by atoms with van der Waals surface area (Å²) in [6.07, 6.45) is 1.06. The van der Waals surface area contributed by atoms with Gasteiger partial charge < -0.3 is 10.1 Å². The minimum atomic E-state index is -0.279. The zero-order chi connectivity index (χ0) is 13.7. The first-order valence-corrected chi connectivity index (χ1v) is 7.28. The standard InChI is InChI=1S/C15H18FNOS/c1-3-12-6-7-13(19-12)10-17-14-8-5-11(16)9-15(14)18-4-2/h5-9,17H,3-4,10H2,1-2H3. The fraction of sp³-hybridized carbons (Fsp3) is 0.333. The Morgan fingerprint density at radius 2 is 1.95 bits per heavy atom. The van der Waals surface area contributed by atoms with Crippen molar-refractivity contribution in [1.29, 1.82) is 0 Å². The SMILES string of the molecule is CCOc1cc(F)ccc1NCc1ccc(CC)s1. The maximum absolute atomic E-state index is 13.2. The molecule has 0 radical (unpaired) electrons. The lowest BCUT2D eigenvalue weighted by Crippen LogP contribution is -2.02. The van der Waals surface area contributed by atoms with Gasteiger partial charge in [0.1, 0.15) is 11.6 Å². The number of benzene rings is 1. The van der Waals surface area contributed by atoms with Gasteiger partial charge in [0.2, 0.25) is 0 Å². The Morgan fingerprint density at radius 1 is 1.16 bits per heavy atom. The van der Waals surface area contributed by atoms with Crippen molar-refractivity contribution in [3.63, 3.8) is 0 Å². The van der Waals surface area contributed by atoms with E-state index in [-0.39, 0.29) is 5.82 Å². The van der Waals surface area contributed by atoms with Crippen molar-refractivity contribution in [3.8, 4) is 5.75 Å². The summed E-state index contributed by atoms with van der Waals surface area (Å²) >= 11 is 1.80. The Morgan fingerprint density at radius 3 is 2.63 bits per heavy atom. The summed E-state index contributed by atoms with van der Waals surface area (Å²) in [6, 6.07) is 8.85. The van der Waals surface area contributed by atoms with Crippen LogP contribution in [0.1, 0.15) is 23.6 Å². The Balaban J connectivity index is 2.05. The summed E-state index contributed by atoms with van der Waals surface area (Å²) in [5, 5.41) is 3.30. The normalized spacial score (nSPS) is 10.5. The molecular weight excluding hydrogens is 261 g/mol. The second kappa shape index (κ2) is 6.57. The number of hydrogen-bond acceptors (Lipinski definition) is 3. The highest BCUT2D eigenvalue weighted by molar-refractivity contribution is 7.12. The third kappa shape index (κ3) is 3.70. The van der Waals surface area contributed by atoms with Crippen LogP contribution in [0, 0.1) is 5.82 Å². The van der Waals surface area contributed by atoms with E-state index in [1.54, 1.807) is 17.4 Å². The average molecular weight is 279 g/mol. The van der Waals surface area contributed by atoms with Crippen molar-refractivity contribution in [3.05, 3.63) is 45.9 Å². The molecule has 1 heterocycles. The lowest BCUT2D eigenvalue weighted by Gasteiger charge is -2.11. The van der Waals surface area contributed by atoms with Crippen molar-refractivity contribution in [2.24, 2.45) is 0 Å². The number of aryl methyl sites for hydroxylation is 1. The van der Waals surface area contributed by atoms with Gasteiger partial charge in [-0.25, -0.2) is 4.39 Å². The van der Waals surface area contributed by atoms with E-state index < -0.39 is 0 Å². The third-order valence-corrected chi connectivity index (χ3v) is 3.99. The maximum Gasteiger partial charge on any atom is 0.145 e. The summed E-state index contributed by atoms with van der Waals surface area (Å²) < 4.78 is 18.6. The van der Waals surface area contributed by atoms with Gasteiger partial charge in [-0.05, 0) is 37.6 Å². The van der Waals surface area contributed by atoms with E-state index in [1.807, 2.05) is 6.92 Å². The monoisotopic (exact) mass is 279 g/mol. The highest BCUT2D eigenvalue weighted by atomic mass is 32.1. The maximum atomic E-state index is 13.2. The first-order chi connectivity index (χ1) is 9.22. The van der Waals surface area contributed by atoms with Crippen LogP contribution in [-0.4, -0.2) is 6.61 Å². The summed E-state index contributed by atoms with van der Waals surface area (Å²) in [5.74, 6) is 0.285. The summed E-state index contributed by atoms with van der Waals surface area (Å²) in [6.45, 7) is 5.30. The number of anilines is 1. The van der Waals surface area contributed by atoms with Gasteiger partial charge in [-0.1, -0.05) is 6.92 Å². The van der Waals surface area contributed by atoms with Crippen molar-refractivity contribution < 1.29 is 9.13 Å². The average Bonchev–Trinajstić information content (AvgIpc) is 2.86. The molecule has 2 aromatic rings. The summed E-state index contributed by atoms with van der Waals surface area (Å²) in [7, 11) is 0. The largest absolute Gasteiger partial charge is 0.492 e. The van der Waals surface area contributed by atoms with Crippen LogP contribution in [-0.2, 0) is 13.0 Å². The molecule has 0 unspecified atom stereocenters. The van der Waals surface area contributed by atoms with Crippen LogP contribution in [0.5, 0.6) is 5.75 Å².